The van der Waals surface area contributed by atoms with Gasteiger partial charge in [0.2, 0.25) is 5.91 Å². The minimum atomic E-state index is -0.614. The molecule has 2 N–H and O–H groups in total. The quantitative estimate of drug-likeness (QED) is 0.204. The molecule has 5 heterocycles. The number of benzene rings is 2. The number of piperidine rings is 2. The van der Waals surface area contributed by atoms with Crippen LogP contribution >= 0.6 is 24.0 Å². The lowest BCUT2D eigenvalue weighted by Crippen LogP contribution is -2.50. The number of rotatable bonds is 9. The Labute approximate surface area is 341 Å². The molecule has 2 aromatic carbocycles. The fraction of sp³-hybridized carbons (Fsp3) is 0.475. The van der Waals surface area contributed by atoms with Crippen molar-refractivity contribution in [2.75, 3.05) is 49.1 Å². The first-order valence-electron chi connectivity index (χ1n) is 19.5. The van der Waals surface area contributed by atoms with E-state index in [9.17, 15) is 14.4 Å². The number of nitriles is 1. The standard InChI is InChI=1S/C40H44ClFN10O4.ClH/c41-32-19-30(4-1-26(32)20-43)56-29-5-2-27(3-6-29)47-39(54)34-22-45-36(23-44-34)50-16-9-25(10-17-50)24-49-14-11-28(12-15-49)52-35-8-7-33(42)38(31(35)21-46-52)51-18-13-37(53)48-40(51)55;/h1,4,7-8,19,21-23,25,27-29H,2-3,5-6,9-18,24H2,(H,47,54)(H,48,53,55);1H. The van der Waals surface area contributed by atoms with E-state index in [2.05, 4.69) is 41.6 Å². The average molecular weight is 820 g/mol. The van der Waals surface area contributed by atoms with Gasteiger partial charge in [-0.05, 0) is 81.5 Å². The van der Waals surface area contributed by atoms with Crippen LogP contribution in [0.5, 0.6) is 5.75 Å². The number of imide groups is 1. The van der Waals surface area contributed by atoms with Gasteiger partial charge in [0.1, 0.15) is 29.1 Å². The smallest absolute Gasteiger partial charge is 0.328 e. The van der Waals surface area contributed by atoms with Crippen molar-refractivity contribution in [3.05, 3.63) is 71.0 Å². The molecule has 57 heavy (non-hydrogen) atoms. The molecule has 4 aliphatic rings. The summed E-state index contributed by atoms with van der Waals surface area (Å²) in [4.78, 5) is 52.3. The Morgan fingerprint density at radius 3 is 2.42 bits per heavy atom. The van der Waals surface area contributed by atoms with Crippen LogP contribution in [0.1, 0.15) is 79.9 Å². The van der Waals surface area contributed by atoms with Crippen molar-refractivity contribution in [1.82, 2.24) is 35.3 Å². The molecule has 2 aromatic heterocycles. The Bertz CT molecular complexity index is 2140. The van der Waals surface area contributed by atoms with Crippen molar-refractivity contribution in [3.8, 4) is 11.8 Å². The van der Waals surface area contributed by atoms with Crippen molar-refractivity contribution in [2.45, 2.75) is 76.0 Å². The number of likely N-dealkylation sites (tertiary alicyclic amines) is 1. The van der Waals surface area contributed by atoms with E-state index in [1.54, 1.807) is 42.9 Å². The van der Waals surface area contributed by atoms with Crippen LogP contribution in [0, 0.1) is 23.1 Å². The number of hydrogen-bond donors (Lipinski definition) is 2. The molecule has 1 aliphatic carbocycles. The van der Waals surface area contributed by atoms with Crippen molar-refractivity contribution < 1.29 is 23.5 Å². The van der Waals surface area contributed by atoms with Gasteiger partial charge in [-0.2, -0.15) is 10.4 Å². The van der Waals surface area contributed by atoms with Gasteiger partial charge in [0, 0.05) is 63.2 Å². The number of hydrogen-bond acceptors (Lipinski definition) is 10. The van der Waals surface area contributed by atoms with Gasteiger partial charge in [-0.25, -0.2) is 19.2 Å². The molecule has 0 bridgehead atoms. The fourth-order valence-corrected chi connectivity index (χ4v) is 8.73. The van der Waals surface area contributed by atoms with Crippen molar-refractivity contribution in [3.63, 3.8) is 0 Å². The van der Waals surface area contributed by atoms with Crippen LogP contribution in [0.2, 0.25) is 5.02 Å². The van der Waals surface area contributed by atoms with Crippen molar-refractivity contribution >= 4 is 64.3 Å². The van der Waals surface area contributed by atoms with Gasteiger partial charge in [-0.1, -0.05) is 11.6 Å². The summed E-state index contributed by atoms with van der Waals surface area (Å²) >= 11 is 6.14. The SMILES string of the molecule is Cl.N#Cc1ccc(OC2CCC(NC(=O)c3cnc(N4CCC(CN5CCC(n6ncc7c(N8CCC(=O)NC8=O)c(F)ccc76)CC5)CC4)cn3)CC2)cc1Cl. The first-order valence-corrected chi connectivity index (χ1v) is 19.8. The molecule has 1 saturated carbocycles. The summed E-state index contributed by atoms with van der Waals surface area (Å²) < 4.78 is 23.1. The van der Waals surface area contributed by atoms with Gasteiger partial charge in [-0.3, -0.25) is 24.5 Å². The normalized spacial score (nSPS) is 21.1. The Balaban J connectivity index is 0.00000496. The number of carbonyl (C=O) groups is 3. The molecule has 17 heteroatoms. The van der Waals surface area contributed by atoms with Gasteiger partial charge >= 0.3 is 6.03 Å². The van der Waals surface area contributed by atoms with Crippen LogP contribution in [0.25, 0.3) is 10.9 Å². The van der Waals surface area contributed by atoms with Gasteiger partial charge in [-0.15, -0.1) is 12.4 Å². The lowest BCUT2D eigenvalue weighted by Gasteiger charge is -2.38. The number of halogens is 3. The fourth-order valence-electron chi connectivity index (χ4n) is 8.52. The maximum Gasteiger partial charge on any atom is 0.328 e. The zero-order chi connectivity index (χ0) is 38.8. The lowest BCUT2D eigenvalue weighted by molar-refractivity contribution is -0.120. The molecule has 4 fully saturated rings. The molecular weight excluding hydrogens is 774 g/mol. The Morgan fingerprint density at radius 2 is 1.74 bits per heavy atom. The van der Waals surface area contributed by atoms with E-state index in [1.165, 1.54) is 11.0 Å². The predicted molar refractivity (Wildman–Crippen MR) is 214 cm³/mol. The number of carbonyl (C=O) groups excluding carboxylic acids is 3. The summed E-state index contributed by atoms with van der Waals surface area (Å²) in [6.45, 7) is 4.79. The minimum absolute atomic E-state index is 0. The molecule has 3 saturated heterocycles. The highest BCUT2D eigenvalue weighted by molar-refractivity contribution is 6.31. The van der Waals surface area contributed by atoms with Crippen LogP contribution in [0.15, 0.2) is 48.9 Å². The summed E-state index contributed by atoms with van der Waals surface area (Å²) in [6, 6.07) is 9.83. The largest absolute Gasteiger partial charge is 0.490 e. The summed E-state index contributed by atoms with van der Waals surface area (Å²) in [7, 11) is 0. The molecule has 3 aliphatic heterocycles. The summed E-state index contributed by atoms with van der Waals surface area (Å²) in [5, 5.41) is 20.1. The third-order valence-corrected chi connectivity index (χ3v) is 11.9. The number of urea groups is 1. The molecule has 0 unspecified atom stereocenters. The molecule has 300 valence electrons. The van der Waals surface area contributed by atoms with Gasteiger partial charge in [0.05, 0.1) is 52.5 Å². The average Bonchev–Trinajstić information content (AvgIpc) is 3.64. The topological polar surface area (TPSA) is 162 Å². The Kier molecular flexibility index (Phi) is 12.4. The van der Waals surface area contributed by atoms with E-state index in [0.717, 1.165) is 95.4 Å². The van der Waals surface area contributed by atoms with E-state index in [0.29, 0.717) is 33.3 Å². The number of amides is 4. The van der Waals surface area contributed by atoms with E-state index in [1.807, 2.05) is 4.68 Å². The van der Waals surface area contributed by atoms with Crippen LogP contribution in [-0.4, -0.2) is 93.9 Å². The first-order chi connectivity index (χ1) is 27.2. The molecule has 0 atom stereocenters. The molecule has 4 aromatic rings. The number of nitrogens with one attached hydrogen (secondary N) is 2. The van der Waals surface area contributed by atoms with E-state index >= 15 is 4.39 Å². The van der Waals surface area contributed by atoms with Crippen LogP contribution in [0.4, 0.5) is 20.7 Å². The predicted octanol–water partition coefficient (Wildman–Crippen LogP) is 6.03. The van der Waals surface area contributed by atoms with Crippen LogP contribution in [-0.2, 0) is 4.79 Å². The number of anilines is 2. The zero-order valence-electron chi connectivity index (χ0n) is 31.4. The molecule has 0 radical (unpaired) electrons. The van der Waals surface area contributed by atoms with Crippen LogP contribution in [0.3, 0.4) is 0 Å². The van der Waals surface area contributed by atoms with Gasteiger partial charge < -0.3 is 19.9 Å². The zero-order valence-corrected chi connectivity index (χ0v) is 33.0. The number of aromatic nitrogens is 4. The summed E-state index contributed by atoms with van der Waals surface area (Å²) in [5.41, 5.74) is 1.67. The summed E-state index contributed by atoms with van der Waals surface area (Å²) in [6.07, 6.45) is 12.1. The van der Waals surface area contributed by atoms with Gasteiger partial charge in [0.25, 0.3) is 5.91 Å². The molecule has 14 nitrogen and oxygen atoms in total. The third kappa shape index (κ3) is 8.93. The summed E-state index contributed by atoms with van der Waals surface area (Å²) in [5.74, 6) is 0.900. The van der Waals surface area contributed by atoms with Crippen LogP contribution < -0.4 is 25.2 Å². The Morgan fingerprint density at radius 1 is 0.965 bits per heavy atom. The lowest BCUT2D eigenvalue weighted by atomic mass is 9.93. The second-order valence-electron chi connectivity index (χ2n) is 15.2. The second-order valence-corrected chi connectivity index (χ2v) is 15.6. The van der Waals surface area contributed by atoms with E-state index < -0.39 is 11.8 Å². The molecule has 0 spiro atoms. The highest BCUT2D eigenvalue weighted by Crippen LogP contribution is 2.35. The van der Waals surface area contributed by atoms with E-state index in [-0.39, 0.29) is 61.1 Å². The highest BCUT2D eigenvalue weighted by Gasteiger charge is 2.31. The first kappa shape index (κ1) is 40.2. The molecular formula is C40H45Cl2FN10O4. The van der Waals surface area contributed by atoms with Crippen molar-refractivity contribution in [1.29, 1.82) is 5.26 Å². The van der Waals surface area contributed by atoms with E-state index in [4.69, 9.17) is 21.6 Å². The second kappa shape index (κ2) is 17.6. The highest BCUT2D eigenvalue weighted by atomic mass is 35.5. The number of fused-ring (bicyclic) bond motifs is 1. The number of ether oxygens (including phenoxy) is 1. The number of nitrogens with zero attached hydrogens (tertiary/aromatic N) is 8. The minimum Gasteiger partial charge on any atom is -0.490 e. The Hall–Kier alpha value is -5.04. The molecule has 8 rings (SSSR count). The van der Waals surface area contributed by atoms with Crippen molar-refractivity contribution in [2.24, 2.45) is 5.92 Å². The molecule has 4 amide bonds. The monoisotopic (exact) mass is 818 g/mol. The maximum atomic E-state index is 15.0. The third-order valence-electron chi connectivity index (χ3n) is 11.6. The van der Waals surface area contributed by atoms with Gasteiger partial charge in [0.15, 0.2) is 0 Å². The maximum absolute atomic E-state index is 15.0.